The van der Waals surface area contributed by atoms with Crippen LogP contribution in [0.25, 0.3) is 10.8 Å². The van der Waals surface area contributed by atoms with Crippen molar-refractivity contribution in [2.45, 2.75) is 12.8 Å². The summed E-state index contributed by atoms with van der Waals surface area (Å²) in [4.78, 5) is 7.23. The van der Waals surface area contributed by atoms with E-state index in [1.54, 1.807) is 0 Å². The van der Waals surface area contributed by atoms with Crippen molar-refractivity contribution >= 4 is 29.2 Å². The second-order valence-electron chi connectivity index (χ2n) is 5.99. The van der Waals surface area contributed by atoms with E-state index in [-0.39, 0.29) is 0 Å². The van der Waals surface area contributed by atoms with E-state index in [9.17, 15) is 0 Å². The highest BCUT2D eigenvalue weighted by molar-refractivity contribution is 7.80. The van der Waals surface area contributed by atoms with Gasteiger partial charge < -0.3 is 10.2 Å². The van der Waals surface area contributed by atoms with Gasteiger partial charge in [0.2, 0.25) is 0 Å². The molecule has 0 spiro atoms. The van der Waals surface area contributed by atoms with Gasteiger partial charge in [0.05, 0.1) is 6.54 Å². The van der Waals surface area contributed by atoms with Crippen LogP contribution in [0.3, 0.4) is 0 Å². The fourth-order valence-electron chi connectivity index (χ4n) is 3.32. The number of hydrogen-bond donors (Lipinski definition) is 2. The monoisotopic (exact) mass is 327 g/mol. The molecule has 0 amide bonds. The fourth-order valence-corrected chi connectivity index (χ4v) is 3.48. The zero-order chi connectivity index (χ0) is 16.1. The second kappa shape index (κ2) is 7.84. The van der Waals surface area contributed by atoms with Gasteiger partial charge in [-0.3, -0.25) is 4.99 Å². The molecule has 0 radical (unpaired) electrons. The molecule has 2 aromatic carbocycles. The maximum absolute atomic E-state index is 4.80. The van der Waals surface area contributed by atoms with Gasteiger partial charge in [0.25, 0.3) is 0 Å². The molecule has 1 atom stereocenters. The molecule has 1 N–H and O–H groups in total. The molecule has 1 heterocycles. The Hall–Kier alpha value is -1.52. The number of amidine groups is 1. The normalized spacial score (nSPS) is 15.9. The van der Waals surface area contributed by atoms with E-state index in [1.807, 2.05) is 0 Å². The molecule has 2 aromatic rings. The lowest BCUT2D eigenvalue weighted by Crippen LogP contribution is -2.37. The average molecular weight is 327 g/mol. The molecule has 1 aliphatic rings. The van der Waals surface area contributed by atoms with Gasteiger partial charge in [-0.25, -0.2) is 0 Å². The van der Waals surface area contributed by atoms with Crippen LogP contribution < -0.4 is 5.32 Å². The number of thiol groups is 1. The lowest BCUT2D eigenvalue weighted by Gasteiger charge is -2.25. The van der Waals surface area contributed by atoms with Crippen molar-refractivity contribution < 1.29 is 0 Å². The van der Waals surface area contributed by atoms with Gasteiger partial charge in [-0.05, 0) is 16.3 Å². The van der Waals surface area contributed by atoms with Crippen molar-refractivity contribution in [3.05, 3.63) is 48.0 Å². The molecule has 0 aromatic heterocycles. The highest BCUT2D eigenvalue weighted by Gasteiger charge is 2.24. The van der Waals surface area contributed by atoms with Crippen LogP contribution >= 0.6 is 12.6 Å². The highest BCUT2D eigenvalue weighted by Crippen LogP contribution is 2.28. The second-order valence-corrected chi connectivity index (χ2v) is 6.44. The van der Waals surface area contributed by atoms with Crippen LogP contribution in [0.1, 0.15) is 18.4 Å². The first-order valence-electron chi connectivity index (χ1n) is 8.40. The van der Waals surface area contributed by atoms with Gasteiger partial charge in [0.15, 0.2) is 0 Å². The first-order chi connectivity index (χ1) is 11.3. The van der Waals surface area contributed by atoms with Crippen LogP contribution in [-0.4, -0.2) is 49.2 Å². The van der Waals surface area contributed by atoms with E-state index < -0.39 is 0 Å². The van der Waals surface area contributed by atoms with Gasteiger partial charge in [0, 0.05) is 37.8 Å². The van der Waals surface area contributed by atoms with Gasteiger partial charge >= 0.3 is 0 Å². The smallest absolute Gasteiger partial charge is 0.106 e. The molecule has 1 aliphatic heterocycles. The fraction of sp³-hybridized carbons (Fsp3) is 0.421. The maximum Gasteiger partial charge on any atom is 0.106 e. The van der Waals surface area contributed by atoms with Crippen molar-refractivity contribution in [1.82, 2.24) is 10.2 Å². The van der Waals surface area contributed by atoms with Crippen molar-refractivity contribution in [3.63, 3.8) is 0 Å². The van der Waals surface area contributed by atoms with E-state index in [4.69, 9.17) is 4.99 Å². The molecular formula is C19H25N3S. The van der Waals surface area contributed by atoms with Gasteiger partial charge in [-0.1, -0.05) is 49.4 Å². The highest BCUT2D eigenvalue weighted by atomic mass is 32.1. The molecule has 3 rings (SSSR count). The number of aliphatic imine (C=N–C) groups is 1. The molecule has 1 unspecified atom stereocenters. The standard InChI is InChI=1S/C19H25N3S/c1-15(17-8-4-6-16-5-2-3-7-18(16)17)19-21-10-13-22(19)12-9-20-11-14-23/h2-8,15,20,23H,9-14H2,1H3. The predicted octanol–water partition coefficient (Wildman–Crippen LogP) is 3.18. The summed E-state index contributed by atoms with van der Waals surface area (Å²) in [6, 6.07) is 15.2. The Kier molecular flexibility index (Phi) is 5.57. The molecule has 122 valence electrons. The summed E-state index contributed by atoms with van der Waals surface area (Å²) in [6.07, 6.45) is 0. The van der Waals surface area contributed by atoms with Gasteiger partial charge in [-0.2, -0.15) is 12.6 Å². The molecule has 23 heavy (non-hydrogen) atoms. The van der Waals surface area contributed by atoms with Crippen molar-refractivity contribution in [2.75, 3.05) is 38.5 Å². The van der Waals surface area contributed by atoms with Crippen molar-refractivity contribution in [1.29, 1.82) is 0 Å². The number of hydrogen-bond acceptors (Lipinski definition) is 4. The van der Waals surface area contributed by atoms with Crippen LogP contribution in [0.5, 0.6) is 0 Å². The van der Waals surface area contributed by atoms with Gasteiger partial charge in [0.1, 0.15) is 5.84 Å². The number of fused-ring (bicyclic) bond motifs is 1. The zero-order valence-corrected chi connectivity index (χ0v) is 14.6. The Morgan fingerprint density at radius 1 is 1.17 bits per heavy atom. The third-order valence-electron chi connectivity index (χ3n) is 4.49. The average Bonchev–Trinajstić information content (AvgIpc) is 3.06. The van der Waals surface area contributed by atoms with Crippen LogP contribution in [0, 0.1) is 0 Å². The molecule has 3 nitrogen and oxygen atoms in total. The minimum atomic E-state index is 0.327. The summed E-state index contributed by atoms with van der Waals surface area (Å²) in [5, 5.41) is 6.06. The molecule has 0 bridgehead atoms. The zero-order valence-electron chi connectivity index (χ0n) is 13.7. The van der Waals surface area contributed by atoms with Crippen LogP contribution in [0.4, 0.5) is 0 Å². The first-order valence-corrected chi connectivity index (χ1v) is 9.03. The molecule has 4 heteroatoms. The number of rotatable bonds is 7. The van der Waals surface area contributed by atoms with Crippen LogP contribution in [0.15, 0.2) is 47.5 Å². The summed E-state index contributed by atoms with van der Waals surface area (Å²) in [5.74, 6) is 2.44. The van der Waals surface area contributed by atoms with Gasteiger partial charge in [-0.15, -0.1) is 0 Å². The lowest BCUT2D eigenvalue weighted by atomic mass is 9.93. The van der Waals surface area contributed by atoms with Crippen molar-refractivity contribution in [3.8, 4) is 0 Å². The van der Waals surface area contributed by atoms with E-state index in [2.05, 4.69) is 72.2 Å². The Morgan fingerprint density at radius 3 is 2.87 bits per heavy atom. The molecule has 0 fully saturated rings. The Labute approximate surface area is 144 Å². The number of benzene rings is 2. The maximum atomic E-state index is 4.80. The molecule has 0 saturated carbocycles. The first kappa shape index (κ1) is 16.3. The molecular weight excluding hydrogens is 302 g/mol. The quantitative estimate of drug-likeness (QED) is 0.604. The minimum Gasteiger partial charge on any atom is -0.357 e. The predicted molar refractivity (Wildman–Crippen MR) is 103 cm³/mol. The van der Waals surface area contributed by atoms with Crippen molar-refractivity contribution in [2.24, 2.45) is 4.99 Å². The van der Waals surface area contributed by atoms with E-state index in [1.165, 1.54) is 22.2 Å². The summed E-state index contributed by atoms with van der Waals surface area (Å²) < 4.78 is 0. The topological polar surface area (TPSA) is 27.6 Å². The van der Waals surface area contributed by atoms with E-state index in [0.29, 0.717) is 5.92 Å². The number of nitrogens with one attached hydrogen (secondary N) is 1. The number of nitrogens with zero attached hydrogens (tertiary/aromatic N) is 2. The third kappa shape index (κ3) is 3.70. The van der Waals surface area contributed by atoms with E-state index in [0.717, 1.165) is 38.5 Å². The summed E-state index contributed by atoms with van der Waals surface area (Å²) in [7, 11) is 0. The Balaban J connectivity index is 1.77. The summed E-state index contributed by atoms with van der Waals surface area (Å²) >= 11 is 4.24. The lowest BCUT2D eigenvalue weighted by molar-refractivity contribution is 0.436. The summed E-state index contributed by atoms with van der Waals surface area (Å²) in [5.41, 5.74) is 1.37. The minimum absolute atomic E-state index is 0.327. The van der Waals surface area contributed by atoms with Crippen LogP contribution in [-0.2, 0) is 0 Å². The Bertz CT molecular complexity index is 678. The van der Waals surface area contributed by atoms with E-state index >= 15 is 0 Å². The Morgan fingerprint density at radius 2 is 2.00 bits per heavy atom. The largest absolute Gasteiger partial charge is 0.357 e. The molecule has 0 saturated heterocycles. The third-order valence-corrected chi connectivity index (χ3v) is 4.72. The summed E-state index contributed by atoms with van der Waals surface area (Å²) in [6.45, 7) is 7.19. The molecule has 0 aliphatic carbocycles. The van der Waals surface area contributed by atoms with Crippen LogP contribution in [0.2, 0.25) is 0 Å². The SMILES string of the molecule is CC(C1=NCCN1CCNCCS)c1cccc2ccccc12.